The second-order valence-corrected chi connectivity index (χ2v) is 8.11. The van der Waals surface area contributed by atoms with Crippen LogP contribution in [0.2, 0.25) is 0 Å². The van der Waals surface area contributed by atoms with Crippen LogP contribution < -0.4 is 0 Å². The number of nitrogens with zero attached hydrogens (tertiary/aromatic N) is 2. The van der Waals surface area contributed by atoms with Gasteiger partial charge >= 0.3 is 5.12 Å². The molecular formula is C13H28Cl4N2O2+2. The van der Waals surface area contributed by atoms with Crippen molar-refractivity contribution in [3.63, 3.8) is 0 Å². The number of rotatable bonds is 10. The van der Waals surface area contributed by atoms with Gasteiger partial charge in [0.1, 0.15) is 25.3 Å². The molecule has 0 heterocycles. The lowest BCUT2D eigenvalue weighted by Crippen LogP contribution is -2.74. The molecule has 0 aliphatic heterocycles. The summed E-state index contributed by atoms with van der Waals surface area (Å²) in [6.45, 7) is 0.783. The van der Waals surface area contributed by atoms with E-state index in [-0.39, 0.29) is 11.8 Å². The Hall–Kier alpha value is 1.000. The fourth-order valence-electron chi connectivity index (χ4n) is 2.89. The predicted molar refractivity (Wildman–Crippen MR) is 91.3 cm³/mol. The molecule has 0 aromatic heterocycles. The Balaban J connectivity index is 5.47. The summed E-state index contributed by atoms with van der Waals surface area (Å²) in [7, 11) is 7.73. The van der Waals surface area contributed by atoms with Crippen molar-refractivity contribution < 1.29 is 19.2 Å². The van der Waals surface area contributed by atoms with E-state index < -0.39 is 17.3 Å². The van der Waals surface area contributed by atoms with E-state index in [1.54, 1.807) is 0 Å². The van der Waals surface area contributed by atoms with E-state index in [1.165, 1.54) is 0 Å². The summed E-state index contributed by atoms with van der Waals surface area (Å²) in [4.78, 5) is 0. The van der Waals surface area contributed by atoms with Crippen molar-refractivity contribution in [1.82, 2.24) is 0 Å². The SMILES string of the molecule is C[N+](C)(CC(O)CCl)C(Cl)(CCCl)[N+](C)(C)CC(O)CCl. The van der Waals surface area contributed by atoms with Crippen LogP contribution >= 0.6 is 46.4 Å². The van der Waals surface area contributed by atoms with Crippen LogP contribution in [0.5, 0.6) is 0 Å². The normalized spacial score (nSPS) is 19.1. The molecule has 0 amide bonds. The molecule has 21 heavy (non-hydrogen) atoms. The van der Waals surface area contributed by atoms with Crippen LogP contribution in [-0.4, -0.2) is 95.4 Å². The van der Waals surface area contributed by atoms with Gasteiger partial charge in [-0.25, -0.2) is 0 Å². The zero-order chi connectivity index (χ0) is 16.9. The van der Waals surface area contributed by atoms with Gasteiger partial charge in [-0.2, -0.15) is 0 Å². The largest absolute Gasteiger partial charge is 0.386 e. The second-order valence-electron chi connectivity index (χ2n) is 6.51. The van der Waals surface area contributed by atoms with Gasteiger partial charge in [-0.05, 0) is 0 Å². The van der Waals surface area contributed by atoms with Gasteiger partial charge < -0.3 is 10.2 Å². The maximum atomic E-state index is 9.90. The van der Waals surface area contributed by atoms with E-state index in [1.807, 2.05) is 28.2 Å². The number of hydrogen-bond donors (Lipinski definition) is 2. The lowest BCUT2D eigenvalue weighted by molar-refractivity contribution is -1.12. The molecule has 0 aromatic carbocycles. The predicted octanol–water partition coefficient (Wildman–Crippen LogP) is 1.86. The molecule has 0 spiro atoms. The van der Waals surface area contributed by atoms with Crippen LogP contribution in [0.3, 0.4) is 0 Å². The number of hydrogen-bond acceptors (Lipinski definition) is 2. The van der Waals surface area contributed by atoms with Crippen molar-refractivity contribution >= 4 is 46.4 Å². The number of alkyl halides is 4. The first-order valence-electron chi connectivity index (χ1n) is 6.86. The molecule has 0 rings (SSSR count). The number of halogens is 4. The minimum Gasteiger partial charge on any atom is -0.386 e. The van der Waals surface area contributed by atoms with Gasteiger partial charge in [-0.15, -0.1) is 34.8 Å². The summed E-state index contributed by atoms with van der Waals surface area (Å²) in [5, 5.41) is 19.0. The molecule has 0 saturated heterocycles. The Morgan fingerprint density at radius 2 is 1.19 bits per heavy atom. The standard InChI is InChI=1S/C13H28Cl4N2O2/c1-18(2,9-11(20)7-15)13(17,5-6-14)19(3,4)10-12(21)8-16/h11-12,20-21H,5-10H2,1-4H3/q+2. The van der Waals surface area contributed by atoms with E-state index in [0.29, 0.717) is 34.4 Å². The second kappa shape index (κ2) is 8.74. The zero-order valence-electron chi connectivity index (χ0n) is 13.2. The summed E-state index contributed by atoms with van der Waals surface area (Å²) in [5.41, 5.74) is 0. The molecule has 0 aliphatic rings. The van der Waals surface area contributed by atoms with Gasteiger partial charge in [0, 0.05) is 17.5 Å². The van der Waals surface area contributed by atoms with Gasteiger partial charge in [-0.3, -0.25) is 8.97 Å². The highest BCUT2D eigenvalue weighted by Crippen LogP contribution is 2.38. The molecule has 0 fully saturated rings. The quantitative estimate of drug-likeness (QED) is 0.261. The van der Waals surface area contributed by atoms with E-state index in [9.17, 15) is 10.2 Å². The van der Waals surface area contributed by atoms with Crippen LogP contribution in [0.15, 0.2) is 0 Å². The molecule has 0 bridgehead atoms. The van der Waals surface area contributed by atoms with Gasteiger partial charge in [0.05, 0.1) is 46.4 Å². The van der Waals surface area contributed by atoms with E-state index in [2.05, 4.69) is 0 Å². The number of aliphatic hydroxyl groups excluding tert-OH is 2. The Morgan fingerprint density at radius 3 is 1.43 bits per heavy atom. The molecule has 0 aromatic rings. The summed E-state index contributed by atoms with van der Waals surface area (Å²) in [6, 6.07) is 0. The Bertz CT molecular complexity index is 293. The maximum Gasteiger partial charge on any atom is 0.305 e. The fourth-order valence-corrected chi connectivity index (χ4v) is 3.68. The van der Waals surface area contributed by atoms with Crippen molar-refractivity contribution in [2.75, 3.05) is 58.9 Å². The molecule has 0 radical (unpaired) electrons. The van der Waals surface area contributed by atoms with Crippen molar-refractivity contribution in [2.24, 2.45) is 0 Å². The van der Waals surface area contributed by atoms with Crippen molar-refractivity contribution in [2.45, 2.75) is 23.8 Å². The van der Waals surface area contributed by atoms with Crippen LogP contribution in [0.25, 0.3) is 0 Å². The zero-order valence-corrected chi connectivity index (χ0v) is 16.2. The van der Waals surface area contributed by atoms with Gasteiger partial charge in [0.2, 0.25) is 0 Å². The lowest BCUT2D eigenvalue weighted by atomic mass is 10.1. The Kier molecular flexibility index (Phi) is 9.16. The van der Waals surface area contributed by atoms with Crippen molar-refractivity contribution in [3.05, 3.63) is 0 Å². The van der Waals surface area contributed by atoms with E-state index in [4.69, 9.17) is 46.4 Å². The summed E-state index contributed by atoms with van der Waals surface area (Å²) >= 11 is 24.4. The monoisotopic (exact) mass is 384 g/mol. The first-order valence-corrected chi connectivity index (χ1v) is 8.84. The first kappa shape index (κ1) is 22.0. The summed E-state index contributed by atoms with van der Waals surface area (Å²) in [6.07, 6.45) is -0.804. The number of likely N-dealkylation sites (N-methyl/N-ethyl adjacent to an activating group) is 2. The van der Waals surface area contributed by atoms with Crippen molar-refractivity contribution in [3.8, 4) is 0 Å². The number of aliphatic hydroxyl groups is 2. The van der Waals surface area contributed by atoms with Crippen LogP contribution in [0.4, 0.5) is 0 Å². The Morgan fingerprint density at radius 1 is 0.857 bits per heavy atom. The third kappa shape index (κ3) is 5.54. The minimum atomic E-state index is -0.818. The average molecular weight is 386 g/mol. The van der Waals surface area contributed by atoms with Crippen molar-refractivity contribution in [1.29, 1.82) is 0 Å². The van der Waals surface area contributed by atoms with E-state index >= 15 is 0 Å². The smallest absolute Gasteiger partial charge is 0.305 e. The lowest BCUT2D eigenvalue weighted by Gasteiger charge is -2.53. The fraction of sp³-hybridized carbons (Fsp3) is 1.00. The molecule has 2 N–H and O–H groups in total. The minimum absolute atomic E-state index is 0.146. The molecule has 8 heteroatoms. The van der Waals surface area contributed by atoms with Crippen LogP contribution in [0, 0.1) is 0 Å². The maximum absolute atomic E-state index is 9.90. The molecule has 2 unspecified atom stereocenters. The molecule has 128 valence electrons. The molecule has 4 nitrogen and oxygen atoms in total. The highest BCUT2D eigenvalue weighted by atomic mass is 35.5. The highest BCUT2D eigenvalue weighted by molar-refractivity contribution is 6.23. The van der Waals surface area contributed by atoms with Gasteiger partial charge in [0.15, 0.2) is 0 Å². The van der Waals surface area contributed by atoms with Crippen LogP contribution in [0.1, 0.15) is 6.42 Å². The highest BCUT2D eigenvalue weighted by Gasteiger charge is 2.57. The summed E-state index contributed by atoms with van der Waals surface area (Å²) in [5.74, 6) is 0.668. The third-order valence-electron chi connectivity index (χ3n) is 3.96. The topological polar surface area (TPSA) is 40.5 Å². The molecule has 0 saturated carbocycles. The molecule has 0 aliphatic carbocycles. The first-order chi connectivity index (χ1) is 9.47. The Labute approximate surface area is 148 Å². The number of quaternary nitrogens is 2. The van der Waals surface area contributed by atoms with Crippen LogP contribution in [-0.2, 0) is 0 Å². The molecular weight excluding hydrogens is 358 g/mol. The van der Waals surface area contributed by atoms with Gasteiger partial charge in [-0.1, -0.05) is 0 Å². The average Bonchev–Trinajstić information content (AvgIpc) is 2.37. The summed E-state index contributed by atoms with van der Waals surface area (Å²) < 4.78 is 0.633. The van der Waals surface area contributed by atoms with Gasteiger partial charge in [0.25, 0.3) is 0 Å². The third-order valence-corrected chi connectivity index (χ3v) is 5.96. The molecule has 2 atom stereocenters. The van der Waals surface area contributed by atoms with E-state index in [0.717, 1.165) is 0 Å².